The van der Waals surface area contributed by atoms with E-state index in [-0.39, 0.29) is 9.14 Å². The van der Waals surface area contributed by atoms with Crippen molar-refractivity contribution >= 4 is 44.0 Å². The molecule has 0 spiro atoms. The summed E-state index contributed by atoms with van der Waals surface area (Å²) in [4.78, 5) is 11.8. The smallest absolute Gasteiger partial charge is 0.248 e. The number of nitrogens with one attached hydrogen (secondary N) is 1. The summed E-state index contributed by atoms with van der Waals surface area (Å²) in [7, 11) is 0. The number of hydrogen-bond donors (Lipinski definition) is 1. The number of carbonyl (C=O) groups is 1. The third-order valence-electron chi connectivity index (χ3n) is 2.94. The van der Waals surface area contributed by atoms with E-state index in [2.05, 4.69) is 42.4 Å². The molecule has 1 fully saturated rings. The number of benzene rings is 1. The standard InChI is InChI=1S/C12H12Br2N2O/c1-11(8-12(11,13)14)10(17)16-15-7-9-5-3-2-4-6-9/h2-7H,8H2,1H3,(H,16,17). The molecule has 1 aliphatic rings. The van der Waals surface area contributed by atoms with Gasteiger partial charge in [0.05, 0.1) is 14.9 Å². The first kappa shape index (κ1) is 12.8. The largest absolute Gasteiger partial charge is 0.272 e. The van der Waals surface area contributed by atoms with Gasteiger partial charge in [0, 0.05) is 0 Å². The van der Waals surface area contributed by atoms with Gasteiger partial charge in [-0.3, -0.25) is 4.79 Å². The molecule has 5 heteroatoms. The number of amides is 1. The van der Waals surface area contributed by atoms with Crippen LogP contribution in [-0.2, 0) is 4.79 Å². The van der Waals surface area contributed by atoms with Crippen LogP contribution in [0.25, 0.3) is 0 Å². The van der Waals surface area contributed by atoms with Crippen molar-refractivity contribution in [3.63, 3.8) is 0 Å². The molecule has 1 aromatic rings. The Balaban J connectivity index is 1.92. The van der Waals surface area contributed by atoms with Crippen LogP contribution in [0, 0.1) is 5.41 Å². The summed E-state index contributed by atoms with van der Waals surface area (Å²) >= 11 is 6.90. The highest BCUT2D eigenvalue weighted by Crippen LogP contribution is 2.66. The van der Waals surface area contributed by atoms with Gasteiger partial charge in [0.1, 0.15) is 0 Å². The molecule has 1 saturated carbocycles. The number of nitrogens with zero attached hydrogens (tertiary/aromatic N) is 1. The first-order valence-electron chi connectivity index (χ1n) is 5.22. The van der Waals surface area contributed by atoms with Crippen molar-refractivity contribution in [1.82, 2.24) is 5.43 Å². The summed E-state index contributed by atoms with van der Waals surface area (Å²) in [6, 6.07) is 9.63. The molecule has 1 aliphatic carbocycles. The minimum absolute atomic E-state index is 0.0848. The second kappa shape index (κ2) is 4.53. The van der Waals surface area contributed by atoms with Crippen molar-refractivity contribution in [1.29, 1.82) is 0 Å². The molecule has 1 amide bonds. The number of hydrazone groups is 1. The van der Waals surface area contributed by atoms with E-state index in [0.29, 0.717) is 0 Å². The second-order valence-corrected chi connectivity index (χ2v) is 8.09. The fourth-order valence-electron chi connectivity index (χ4n) is 1.47. The van der Waals surface area contributed by atoms with E-state index in [9.17, 15) is 4.79 Å². The predicted octanol–water partition coefficient (Wildman–Crippen LogP) is 3.03. The van der Waals surface area contributed by atoms with Gasteiger partial charge in [0.25, 0.3) is 0 Å². The Bertz CT molecular complexity index is 459. The Morgan fingerprint density at radius 2 is 2.00 bits per heavy atom. The van der Waals surface area contributed by atoms with Crippen LogP contribution < -0.4 is 5.43 Å². The van der Waals surface area contributed by atoms with Gasteiger partial charge in [-0.05, 0) is 18.9 Å². The van der Waals surface area contributed by atoms with E-state index >= 15 is 0 Å². The summed E-state index contributed by atoms with van der Waals surface area (Å²) in [6.07, 6.45) is 2.39. The van der Waals surface area contributed by atoms with Crippen molar-refractivity contribution in [2.75, 3.05) is 0 Å². The average Bonchev–Trinajstić information content (AvgIpc) is 2.81. The van der Waals surface area contributed by atoms with Crippen LogP contribution in [0.2, 0.25) is 0 Å². The van der Waals surface area contributed by atoms with E-state index in [1.165, 1.54) is 0 Å². The van der Waals surface area contributed by atoms with Gasteiger partial charge >= 0.3 is 0 Å². The Morgan fingerprint density at radius 1 is 1.41 bits per heavy atom. The van der Waals surface area contributed by atoms with E-state index in [1.54, 1.807) is 6.21 Å². The number of hydrogen-bond acceptors (Lipinski definition) is 2. The van der Waals surface area contributed by atoms with E-state index in [1.807, 2.05) is 37.3 Å². The van der Waals surface area contributed by atoms with Crippen molar-refractivity contribution in [2.45, 2.75) is 16.6 Å². The SMILES string of the molecule is CC1(C(=O)NN=Cc2ccccc2)CC1(Br)Br. The zero-order valence-electron chi connectivity index (χ0n) is 9.28. The number of halogens is 2. The van der Waals surface area contributed by atoms with Crippen molar-refractivity contribution in [3.05, 3.63) is 35.9 Å². The molecule has 0 bridgehead atoms. The van der Waals surface area contributed by atoms with Crippen LogP contribution in [0.3, 0.4) is 0 Å². The maximum atomic E-state index is 11.8. The monoisotopic (exact) mass is 358 g/mol. The van der Waals surface area contributed by atoms with Gasteiger partial charge in [-0.25, -0.2) is 5.43 Å². The molecule has 1 atom stereocenters. The molecule has 0 heterocycles. The highest BCUT2D eigenvalue weighted by atomic mass is 79.9. The van der Waals surface area contributed by atoms with Crippen LogP contribution in [0.15, 0.2) is 35.4 Å². The molecular formula is C12H12Br2N2O. The topological polar surface area (TPSA) is 41.5 Å². The molecule has 3 nitrogen and oxygen atoms in total. The molecule has 2 rings (SSSR count). The molecule has 0 aromatic heterocycles. The molecule has 1 unspecified atom stereocenters. The Labute approximate surface area is 117 Å². The molecule has 0 aliphatic heterocycles. The number of rotatable bonds is 3. The second-order valence-electron chi connectivity index (χ2n) is 4.32. The maximum absolute atomic E-state index is 11.8. The Kier molecular flexibility index (Phi) is 3.41. The fourth-order valence-corrected chi connectivity index (χ4v) is 2.96. The predicted molar refractivity (Wildman–Crippen MR) is 75.5 cm³/mol. The minimum Gasteiger partial charge on any atom is -0.272 e. The number of carbonyl (C=O) groups excluding carboxylic acids is 1. The van der Waals surface area contributed by atoms with Crippen LogP contribution in [0.5, 0.6) is 0 Å². The van der Waals surface area contributed by atoms with Gasteiger partial charge in [-0.1, -0.05) is 62.2 Å². The van der Waals surface area contributed by atoms with E-state index in [0.717, 1.165) is 12.0 Å². The quantitative estimate of drug-likeness (QED) is 0.503. The lowest BCUT2D eigenvalue weighted by molar-refractivity contribution is -0.125. The minimum atomic E-state index is -0.430. The summed E-state index contributed by atoms with van der Waals surface area (Å²) in [5.74, 6) is -0.0848. The average molecular weight is 360 g/mol. The summed E-state index contributed by atoms with van der Waals surface area (Å²) < 4.78 is -0.278. The number of alkyl halides is 2. The van der Waals surface area contributed by atoms with Crippen LogP contribution in [0.4, 0.5) is 0 Å². The first-order chi connectivity index (χ1) is 7.96. The lowest BCUT2D eigenvalue weighted by Crippen LogP contribution is -2.29. The van der Waals surface area contributed by atoms with Gasteiger partial charge in [0.15, 0.2) is 0 Å². The molecule has 1 aromatic carbocycles. The van der Waals surface area contributed by atoms with Gasteiger partial charge in [-0.15, -0.1) is 0 Å². The molecule has 0 radical (unpaired) electrons. The van der Waals surface area contributed by atoms with Crippen LogP contribution in [-0.4, -0.2) is 15.4 Å². The highest BCUT2D eigenvalue weighted by molar-refractivity contribution is 9.25. The zero-order valence-corrected chi connectivity index (χ0v) is 12.5. The molecule has 90 valence electrons. The molecular weight excluding hydrogens is 348 g/mol. The van der Waals surface area contributed by atoms with Crippen molar-refractivity contribution < 1.29 is 4.79 Å². The summed E-state index contributed by atoms with van der Waals surface area (Å²) in [5, 5.41) is 3.95. The Morgan fingerprint density at radius 3 is 2.53 bits per heavy atom. The van der Waals surface area contributed by atoms with Crippen LogP contribution >= 0.6 is 31.9 Å². The van der Waals surface area contributed by atoms with Crippen molar-refractivity contribution in [2.24, 2.45) is 10.5 Å². The summed E-state index contributed by atoms with van der Waals surface area (Å²) in [6.45, 7) is 1.89. The maximum Gasteiger partial charge on any atom is 0.248 e. The molecule has 1 N–H and O–H groups in total. The third-order valence-corrected chi connectivity index (χ3v) is 5.25. The molecule has 17 heavy (non-hydrogen) atoms. The lowest BCUT2D eigenvalue weighted by Gasteiger charge is -2.09. The zero-order chi connectivity index (χ0) is 12.5. The highest BCUT2D eigenvalue weighted by Gasteiger charge is 2.66. The van der Waals surface area contributed by atoms with Crippen LogP contribution in [0.1, 0.15) is 18.9 Å². The Hall–Kier alpha value is -0.680. The van der Waals surface area contributed by atoms with E-state index < -0.39 is 5.41 Å². The summed E-state index contributed by atoms with van der Waals surface area (Å²) in [5.41, 5.74) is 3.09. The lowest BCUT2D eigenvalue weighted by atomic mass is 10.1. The molecule has 0 saturated heterocycles. The van der Waals surface area contributed by atoms with Gasteiger partial charge in [0.2, 0.25) is 5.91 Å². The van der Waals surface area contributed by atoms with E-state index in [4.69, 9.17) is 0 Å². The third kappa shape index (κ3) is 2.60. The normalized spacial score (nSPS) is 25.8. The first-order valence-corrected chi connectivity index (χ1v) is 6.81. The van der Waals surface area contributed by atoms with Gasteiger partial charge < -0.3 is 0 Å². The van der Waals surface area contributed by atoms with Gasteiger partial charge in [-0.2, -0.15) is 5.10 Å². The fraction of sp³-hybridized carbons (Fsp3) is 0.333. The van der Waals surface area contributed by atoms with Crippen molar-refractivity contribution in [3.8, 4) is 0 Å².